The molecule has 5 heteroatoms. The number of hydrogen-bond donors (Lipinski definition) is 0. The molecule has 0 radical (unpaired) electrons. The van der Waals surface area contributed by atoms with Crippen molar-refractivity contribution in [3.8, 4) is 0 Å². The first-order valence-electron chi connectivity index (χ1n) is 7.23. The van der Waals surface area contributed by atoms with Crippen LogP contribution in [0.3, 0.4) is 0 Å². The van der Waals surface area contributed by atoms with E-state index in [1.165, 1.54) is 19.3 Å². The molecule has 0 N–H and O–H groups in total. The van der Waals surface area contributed by atoms with Gasteiger partial charge in [-0.05, 0) is 12.8 Å². The Morgan fingerprint density at radius 3 is 2.22 bits per heavy atom. The summed E-state index contributed by atoms with van der Waals surface area (Å²) in [6, 6.07) is 0. The molecule has 0 aromatic heterocycles. The van der Waals surface area contributed by atoms with Crippen LogP contribution in [0.25, 0.3) is 0 Å². The van der Waals surface area contributed by atoms with Crippen molar-refractivity contribution >= 4 is 11.0 Å². The molecule has 1 spiro atoms. The average molecular weight is 273 g/mol. The zero-order valence-corrected chi connectivity index (χ0v) is 11.8. The van der Waals surface area contributed by atoms with E-state index >= 15 is 0 Å². The maximum absolute atomic E-state index is 12.5. The molecular formula is C13H23NO3S. The summed E-state index contributed by atoms with van der Waals surface area (Å²) in [7, 11) is -0.787. The van der Waals surface area contributed by atoms with E-state index in [9.17, 15) is 4.21 Å². The van der Waals surface area contributed by atoms with Gasteiger partial charge in [-0.15, -0.1) is 0 Å². The molecule has 0 amide bonds. The van der Waals surface area contributed by atoms with Crippen molar-refractivity contribution in [2.24, 2.45) is 0 Å². The Morgan fingerprint density at radius 2 is 1.61 bits per heavy atom. The molecule has 18 heavy (non-hydrogen) atoms. The highest BCUT2D eigenvalue weighted by Gasteiger charge is 2.41. The number of ether oxygens (including phenoxy) is 2. The lowest BCUT2D eigenvalue weighted by Gasteiger charge is -2.38. The molecule has 104 valence electrons. The normalized spacial score (nSPS) is 31.8. The molecule has 0 aromatic carbocycles. The van der Waals surface area contributed by atoms with Crippen LogP contribution in [0.2, 0.25) is 0 Å². The third-order valence-electron chi connectivity index (χ3n) is 4.39. The molecule has 3 rings (SSSR count). The molecule has 2 heterocycles. The number of nitrogens with zero attached hydrogens (tertiary/aromatic N) is 1. The highest BCUT2D eigenvalue weighted by Crippen LogP contribution is 2.33. The van der Waals surface area contributed by atoms with Crippen LogP contribution in [-0.2, 0) is 20.5 Å². The Bertz CT molecular complexity index is 301. The van der Waals surface area contributed by atoms with Crippen LogP contribution in [-0.4, -0.2) is 45.9 Å². The van der Waals surface area contributed by atoms with Crippen LogP contribution < -0.4 is 0 Å². The monoisotopic (exact) mass is 273 g/mol. The molecule has 4 nitrogen and oxygen atoms in total. The van der Waals surface area contributed by atoms with Crippen molar-refractivity contribution in [1.29, 1.82) is 0 Å². The SMILES string of the molecule is O=S(C1CCCCC1)N1CCC2(CC1)OCCO2. The topological polar surface area (TPSA) is 38.8 Å². The van der Waals surface area contributed by atoms with Crippen molar-refractivity contribution < 1.29 is 13.7 Å². The largest absolute Gasteiger partial charge is 0.347 e. The molecule has 1 unspecified atom stereocenters. The first-order chi connectivity index (χ1) is 8.79. The van der Waals surface area contributed by atoms with E-state index in [4.69, 9.17) is 9.47 Å². The molecule has 2 saturated heterocycles. The van der Waals surface area contributed by atoms with Gasteiger partial charge in [-0.2, -0.15) is 0 Å². The maximum atomic E-state index is 12.5. The predicted molar refractivity (Wildman–Crippen MR) is 70.5 cm³/mol. The van der Waals surface area contributed by atoms with E-state index in [1.807, 2.05) is 0 Å². The van der Waals surface area contributed by atoms with Crippen LogP contribution in [0.4, 0.5) is 0 Å². The van der Waals surface area contributed by atoms with Gasteiger partial charge in [0, 0.05) is 31.2 Å². The van der Waals surface area contributed by atoms with Gasteiger partial charge in [0.05, 0.1) is 24.2 Å². The van der Waals surface area contributed by atoms with Gasteiger partial charge in [-0.3, -0.25) is 0 Å². The molecule has 3 aliphatic rings. The van der Waals surface area contributed by atoms with Gasteiger partial charge < -0.3 is 9.47 Å². The van der Waals surface area contributed by atoms with Crippen LogP contribution in [0.5, 0.6) is 0 Å². The van der Waals surface area contributed by atoms with E-state index in [1.54, 1.807) is 0 Å². The summed E-state index contributed by atoms with van der Waals surface area (Å²) >= 11 is 0. The van der Waals surface area contributed by atoms with Gasteiger partial charge in [0.15, 0.2) is 5.79 Å². The molecule has 0 aromatic rings. The smallest absolute Gasteiger partial charge is 0.171 e. The van der Waals surface area contributed by atoms with Crippen LogP contribution in [0.1, 0.15) is 44.9 Å². The molecular weight excluding hydrogens is 250 g/mol. The maximum Gasteiger partial charge on any atom is 0.171 e. The Morgan fingerprint density at radius 1 is 1.00 bits per heavy atom. The fraction of sp³-hybridized carbons (Fsp3) is 1.00. The van der Waals surface area contributed by atoms with Gasteiger partial charge in [-0.25, -0.2) is 8.51 Å². The Hall–Kier alpha value is 0.0300. The van der Waals surface area contributed by atoms with E-state index in [-0.39, 0.29) is 5.79 Å². The predicted octanol–water partition coefficient (Wildman–Crippen LogP) is 1.82. The molecule has 0 bridgehead atoms. The van der Waals surface area contributed by atoms with Crippen molar-refractivity contribution in [2.75, 3.05) is 26.3 Å². The molecule has 2 aliphatic heterocycles. The minimum absolute atomic E-state index is 0.340. The zero-order chi connectivity index (χ0) is 12.4. The quantitative estimate of drug-likeness (QED) is 0.770. The van der Waals surface area contributed by atoms with Crippen LogP contribution in [0, 0.1) is 0 Å². The van der Waals surface area contributed by atoms with Crippen molar-refractivity contribution in [3.63, 3.8) is 0 Å². The van der Waals surface area contributed by atoms with E-state index in [0.717, 1.165) is 38.8 Å². The van der Waals surface area contributed by atoms with Crippen molar-refractivity contribution in [3.05, 3.63) is 0 Å². The molecule has 1 aliphatic carbocycles. The van der Waals surface area contributed by atoms with Gasteiger partial charge in [0.1, 0.15) is 0 Å². The highest BCUT2D eigenvalue weighted by atomic mass is 32.2. The fourth-order valence-corrected chi connectivity index (χ4v) is 4.97. The third kappa shape index (κ3) is 2.64. The number of rotatable bonds is 2. The lowest BCUT2D eigenvalue weighted by molar-refractivity contribution is -0.179. The third-order valence-corrected chi connectivity index (χ3v) is 6.31. The second-order valence-corrected chi connectivity index (χ2v) is 7.31. The standard InChI is InChI=1S/C13H23NO3S/c15-18(12-4-2-1-3-5-12)14-8-6-13(7-9-14)16-10-11-17-13/h12H,1-11H2. The van der Waals surface area contributed by atoms with E-state index in [2.05, 4.69) is 4.31 Å². The van der Waals surface area contributed by atoms with Gasteiger partial charge >= 0.3 is 0 Å². The number of piperidine rings is 1. The minimum Gasteiger partial charge on any atom is -0.347 e. The second-order valence-electron chi connectivity index (χ2n) is 5.57. The fourth-order valence-electron chi connectivity index (χ4n) is 3.27. The lowest BCUT2D eigenvalue weighted by Crippen LogP contribution is -2.47. The van der Waals surface area contributed by atoms with Gasteiger partial charge in [0.2, 0.25) is 0 Å². The summed E-state index contributed by atoms with van der Waals surface area (Å²) in [6.07, 6.45) is 7.83. The Kier molecular flexibility index (Phi) is 4.03. The first kappa shape index (κ1) is 13.0. The van der Waals surface area contributed by atoms with Gasteiger partial charge in [-0.1, -0.05) is 19.3 Å². The summed E-state index contributed by atoms with van der Waals surface area (Å²) < 4.78 is 26.1. The van der Waals surface area contributed by atoms with Crippen molar-refractivity contribution in [2.45, 2.75) is 56.0 Å². The lowest BCUT2D eigenvalue weighted by atomic mass is 10.0. The van der Waals surface area contributed by atoms with E-state index < -0.39 is 11.0 Å². The Balaban J connectivity index is 1.53. The zero-order valence-electron chi connectivity index (χ0n) is 10.9. The van der Waals surface area contributed by atoms with Crippen LogP contribution >= 0.6 is 0 Å². The summed E-state index contributed by atoms with van der Waals surface area (Å²) in [4.78, 5) is 0. The Labute approximate surface area is 112 Å². The highest BCUT2D eigenvalue weighted by molar-refractivity contribution is 7.83. The summed E-state index contributed by atoms with van der Waals surface area (Å²) in [6.45, 7) is 3.13. The second kappa shape index (κ2) is 5.57. The summed E-state index contributed by atoms with van der Waals surface area (Å²) in [5.41, 5.74) is 0. The first-order valence-corrected chi connectivity index (χ1v) is 8.40. The molecule has 3 fully saturated rings. The van der Waals surface area contributed by atoms with Crippen LogP contribution in [0.15, 0.2) is 0 Å². The summed E-state index contributed by atoms with van der Waals surface area (Å²) in [5, 5.41) is 0.401. The minimum atomic E-state index is -0.787. The van der Waals surface area contributed by atoms with Gasteiger partial charge in [0.25, 0.3) is 0 Å². The molecule has 1 saturated carbocycles. The van der Waals surface area contributed by atoms with Crippen molar-refractivity contribution in [1.82, 2.24) is 4.31 Å². The molecule has 1 atom stereocenters. The average Bonchev–Trinajstić information content (AvgIpc) is 2.88. The number of hydrogen-bond acceptors (Lipinski definition) is 3. The summed E-state index contributed by atoms with van der Waals surface area (Å²) in [5.74, 6) is -0.340. The van der Waals surface area contributed by atoms with E-state index in [0.29, 0.717) is 18.5 Å².